The molecule has 3 N–H and O–H groups in total. The Morgan fingerprint density at radius 3 is 2.87 bits per heavy atom. The van der Waals surface area contributed by atoms with E-state index in [1.54, 1.807) is 18.2 Å². The number of hydrogen-bond donors (Lipinski definition) is 3. The molecule has 82 valence electrons. The number of aliphatic hydroxyl groups is 1. The highest BCUT2D eigenvalue weighted by Gasteiger charge is 2.33. The topological polar surface area (TPSA) is 52.5 Å². The first kappa shape index (κ1) is 10.9. The van der Waals surface area contributed by atoms with E-state index >= 15 is 0 Å². The highest BCUT2D eigenvalue weighted by atomic mass is 79.9. The van der Waals surface area contributed by atoms with Crippen LogP contribution in [0.4, 0.5) is 0 Å². The first-order chi connectivity index (χ1) is 7.12. The Morgan fingerprint density at radius 1 is 1.40 bits per heavy atom. The lowest BCUT2D eigenvalue weighted by Crippen LogP contribution is -2.43. The van der Waals surface area contributed by atoms with Gasteiger partial charge in [0.25, 0.3) is 0 Å². The lowest BCUT2D eigenvalue weighted by Gasteiger charge is -2.33. The Hall–Kier alpha value is -0.580. The van der Waals surface area contributed by atoms with Gasteiger partial charge in [-0.3, -0.25) is 0 Å². The molecule has 4 heteroatoms. The smallest absolute Gasteiger partial charge is 0.116 e. The molecule has 0 radical (unpaired) electrons. The van der Waals surface area contributed by atoms with Gasteiger partial charge in [-0.15, -0.1) is 0 Å². The van der Waals surface area contributed by atoms with Crippen LogP contribution in [0, 0.1) is 0 Å². The lowest BCUT2D eigenvalue weighted by atomic mass is 9.86. The zero-order valence-corrected chi connectivity index (χ0v) is 9.92. The van der Waals surface area contributed by atoms with E-state index in [2.05, 4.69) is 21.2 Å². The number of β-amino-alcohol motifs (C(OH)–C–C–N with tert-alkyl or cyclic N) is 1. The van der Waals surface area contributed by atoms with Crippen molar-refractivity contribution >= 4 is 15.9 Å². The van der Waals surface area contributed by atoms with Crippen LogP contribution in [-0.2, 0) is 5.60 Å². The fourth-order valence-electron chi connectivity index (χ4n) is 1.99. The summed E-state index contributed by atoms with van der Waals surface area (Å²) in [7, 11) is 0. The van der Waals surface area contributed by atoms with Crippen LogP contribution in [0.2, 0.25) is 0 Å². The van der Waals surface area contributed by atoms with Gasteiger partial charge in [0.2, 0.25) is 0 Å². The van der Waals surface area contributed by atoms with Gasteiger partial charge in [-0.1, -0.05) is 15.9 Å². The zero-order chi connectivity index (χ0) is 10.9. The summed E-state index contributed by atoms with van der Waals surface area (Å²) in [6, 6.07) is 4.99. The van der Waals surface area contributed by atoms with Crippen LogP contribution >= 0.6 is 15.9 Å². The maximum atomic E-state index is 10.4. The van der Waals surface area contributed by atoms with E-state index in [1.165, 1.54) is 0 Å². The SMILES string of the molecule is Oc1ccc(Br)c(C2(O)CCCNC2)c1. The molecule has 1 aromatic carbocycles. The van der Waals surface area contributed by atoms with Crippen molar-refractivity contribution in [3.63, 3.8) is 0 Å². The van der Waals surface area contributed by atoms with Crippen LogP contribution in [0.5, 0.6) is 5.75 Å². The van der Waals surface area contributed by atoms with Crippen molar-refractivity contribution in [2.24, 2.45) is 0 Å². The highest BCUT2D eigenvalue weighted by molar-refractivity contribution is 9.10. The zero-order valence-electron chi connectivity index (χ0n) is 8.33. The second-order valence-corrected chi connectivity index (χ2v) is 4.83. The van der Waals surface area contributed by atoms with Crippen LogP contribution in [-0.4, -0.2) is 23.3 Å². The molecule has 1 aliphatic heterocycles. The first-order valence-electron chi connectivity index (χ1n) is 5.04. The Bertz CT molecular complexity index is 362. The molecule has 0 amide bonds. The first-order valence-corrected chi connectivity index (χ1v) is 5.83. The number of rotatable bonds is 1. The number of phenols is 1. The largest absolute Gasteiger partial charge is 0.508 e. The predicted octanol–water partition coefficient (Wildman–Crippen LogP) is 1.73. The van der Waals surface area contributed by atoms with Gasteiger partial charge in [0.1, 0.15) is 11.4 Å². The van der Waals surface area contributed by atoms with Crippen molar-refractivity contribution in [1.29, 1.82) is 0 Å². The van der Waals surface area contributed by atoms with E-state index in [9.17, 15) is 10.2 Å². The van der Waals surface area contributed by atoms with Gasteiger partial charge in [-0.25, -0.2) is 0 Å². The van der Waals surface area contributed by atoms with Crippen LogP contribution < -0.4 is 5.32 Å². The van der Waals surface area contributed by atoms with E-state index in [1.807, 2.05) is 0 Å². The summed E-state index contributed by atoms with van der Waals surface area (Å²) in [6.07, 6.45) is 1.67. The van der Waals surface area contributed by atoms with Gasteiger partial charge in [0, 0.05) is 16.6 Å². The molecule has 2 rings (SSSR count). The van der Waals surface area contributed by atoms with Crippen molar-refractivity contribution in [2.75, 3.05) is 13.1 Å². The molecule has 15 heavy (non-hydrogen) atoms. The molecular weight excluding hydrogens is 258 g/mol. The minimum Gasteiger partial charge on any atom is -0.508 e. The molecule has 1 aromatic rings. The maximum absolute atomic E-state index is 10.4. The molecule has 1 unspecified atom stereocenters. The van der Waals surface area contributed by atoms with E-state index in [0.717, 1.165) is 29.4 Å². The number of phenolic OH excluding ortho intramolecular Hbond substituents is 1. The van der Waals surface area contributed by atoms with Gasteiger partial charge in [-0.2, -0.15) is 0 Å². The molecular formula is C11H14BrNO2. The van der Waals surface area contributed by atoms with Crippen LogP contribution in [0.3, 0.4) is 0 Å². The molecule has 1 heterocycles. The molecule has 3 nitrogen and oxygen atoms in total. The van der Waals surface area contributed by atoms with E-state index in [0.29, 0.717) is 6.54 Å². The second-order valence-electron chi connectivity index (χ2n) is 3.98. The average Bonchev–Trinajstić information content (AvgIpc) is 2.23. The van der Waals surface area contributed by atoms with E-state index in [4.69, 9.17) is 0 Å². The standard InChI is InChI=1S/C11H14BrNO2/c12-10-3-2-8(14)6-9(10)11(15)4-1-5-13-7-11/h2-3,6,13-15H,1,4-5,7H2. The van der Waals surface area contributed by atoms with Gasteiger partial charge >= 0.3 is 0 Å². The molecule has 0 aliphatic carbocycles. The molecule has 1 atom stereocenters. The van der Waals surface area contributed by atoms with Gasteiger partial charge < -0.3 is 15.5 Å². The predicted molar refractivity (Wildman–Crippen MR) is 61.8 cm³/mol. The summed E-state index contributed by atoms with van der Waals surface area (Å²) in [5.74, 6) is 0.187. The Labute approximate surface area is 97.3 Å². The summed E-state index contributed by atoms with van der Waals surface area (Å²) in [4.78, 5) is 0. The van der Waals surface area contributed by atoms with Crippen molar-refractivity contribution in [3.05, 3.63) is 28.2 Å². The van der Waals surface area contributed by atoms with Crippen molar-refractivity contribution in [1.82, 2.24) is 5.32 Å². The molecule has 1 saturated heterocycles. The average molecular weight is 272 g/mol. The summed E-state index contributed by atoms with van der Waals surface area (Å²) >= 11 is 3.40. The number of benzene rings is 1. The summed E-state index contributed by atoms with van der Waals surface area (Å²) in [6.45, 7) is 1.48. The van der Waals surface area contributed by atoms with Gasteiger partial charge in [0.15, 0.2) is 0 Å². The number of aromatic hydroxyl groups is 1. The maximum Gasteiger partial charge on any atom is 0.116 e. The normalized spacial score (nSPS) is 26.5. The number of halogens is 1. The molecule has 0 saturated carbocycles. The third kappa shape index (κ3) is 2.17. The number of piperidine rings is 1. The third-order valence-corrected chi connectivity index (χ3v) is 3.50. The van der Waals surface area contributed by atoms with E-state index in [-0.39, 0.29) is 5.75 Å². The molecule has 1 fully saturated rings. The lowest BCUT2D eigenvalue weighted by molar-refractivity contribution is 0.0114. The minimum absolute atomic E-state index is 0.187. The Morgan fingerprint density at radius 2 is 2.20 bits per heavy atom. The third-order valence-electron chi connectivity index (χ3n) is 2.81. The second kappa shape index (κ2) is 4.12. The highest BCUT2D eigenvalue weighted by Crippen LogP contribution is 2.35. The van der Waals surface area contributed by atoms with E-state index < -0.39 is 5.60 Å². The summed E-state index contributed by atoms with van der Waals surface area (Å²) in [5.41, 5.74) is -0.106. The quantitative estimate of drug-likeness (QED) is 0.729. The number of hydrogen-bond acceptors (Lipinski definition) is 3. The van der Waals surface area contributed by atoms with Gasteiger partial charge in [-0.05, 0) is 37.6 Å². The molecule has 1 aliphatic rings. The van der Waals surface area contributed by atoms with Gasteiger partial charge in [0.05, 0.1) is 0 Å². The Balaban J connectivity index is 2.38. The molecule has 0 spiro atoms. The fourth-order valence-corrected chi connectivity index (χ4v) is 2.60. The van der Waals surface area contributed by atoms with Crippen LogP contribution in [0.15, 0.2) is 22.7 Å². The summed E-state index contributed by atoms with van der Waals surface area (Å²) in [5, 5.41) is 23.0. The van der Waals surface area contributed by atoms with Crippen molar-refractivity contribution in [3.8, 4) is 5.75 Å². The monoisotopic (exact) mass is 271 g/mol. The van der Waals surface area contributed by atoms with Crippen molar-refractivity contribution in [2.45, 2.75) is 18.4 Å². The minimum atomic E-state index is -0.865. The summed E-state index contributed by atoms with van der Waals surface area (Å²) < 4.78 is 0.839. The van der Waals surface area contributed by atoms with Crippen molar-refractivity contribution < 1.29 is 10.2 Å². The Kier molecular flexibility index (Phi) is 3.00. The number of nitrogens with one attached hydrogen (secondary N) is 1. The molecule has 0 bridgehead atoms. The fraction of sp³-hybridized carbons (Fsp3) is 0.455. The molecule has 0 aromatic heterocycles. The van der Waals surface area contributed by atoms with Crippen LogP contribution in [0.25, 0.3) is 0 Å². The van der Waals surface area contributed by atoms with Crippen LogP contribution in [0.1, 0.15) is 18.4 Å².